The van der Waals surface area contributed by atoms with Crippen molar-refractivity contribution in [3.05, 3.63) is 24.1 Å². The molecule has 2 fully saturated rings. The standard InChI is InChI=1S/C19H21N3O5/c1-25-14-8-7-11(9-15(14)26-2)17-21-20-16(27-17)10-22-18(23)12-5-3-4-6-13(12)19(22)24/h7-9,12-13H,3-6,10H2,1-2H3/t12-,13+. The average Bonchev–Trinajstić information content (AvgIpc) is 3.27. The molecular formula is C19H21N3O5. The lowest BCUT2D eigenvalue weighted by Crippen LogP contribution is -2.30. The minimum absolute atomic E-state index is 0.0188. The predicted octanol–water partition coefficient (Wildman–Crippen LogP) is 2.43. The lowest BCUT2D eigenvalue weighted by atomic mass is 9.81. The molecule has 2 heterocycles. The van der Waals surface area contributed by atoms with Gasteiger partial charge in [0.1, 0.15) is 6.54 Å². The number of fused-ring (bicyclic) bond motifs is 1. The zero-order valence-electron chi connectivity index (χ0n) is 15.3. The summed E-state index contributed by atoms with van der Waals surface area (Å²) in [6.07, 6.45) is 3.56. The van der Waals surface area contributed by atoms with E-state index in [4.69, 9.17) is 13.9 Å². The first-order valence-corrected chi connectivity index (χ1v) is 9.02. The molecule has 2 aromatic rings. The van der Waals surface area contributed by atoms with Crippen LogP contribution in [0.3, 0.4) is 0 Å². The Kier molecular flexibility index (Phi) is 4.55. The minimum Gasteiger partial charge on any atom is -0.493 e. The molecule has 142 valence electrons. The SMILES string of the molecule is COc1ccc(-c2nnc(CN3C(=O)[C@H]4CCCC[C@H]4C3=O)o2)cc1OC. The van der Waals surface area contributed by atoms with E-state index in [9.17, 15) is 9.59 Å². The number of amides is 2. The number of nitrogens with zero attached hydrogens (tertiary/aromatic N) is 3. The number of methoxy groups -OCH3 is 2. The second kappa shape index (κ2) is 7.02. The highest BCUT2D eigenvalue weighted by Crippen LogP contribution is 2.38. The molecule has 0 bridgehead atoms. The van der Waals surface area contributed by atoms with Gasteiger partial charge in [0.25, 0.3) is 0 Å². The molecule has 1 aromatic carbocycles. The molecule has 0 spiro atoms. The van der Waals surface area contributed by atoms with Gasteiger partial charge in [-0.2, -0.15) is 0 Å². The summed E-state index contributed by atoms with van der Waals surface area (Å²) in [4.78, 5) is 26.4. The van der Waals surface area contributed by atoms with Crippen molar-refractivity contribution in [1.82, 2.24) is 15.1 Å². The average molecular weight is 371 g/mol. The number of rotatable bonds is 5. The van der Waals surface area contributed by atoms with E-state index in [2.05, 4.69) is 10.2 Å². The largest absolute Gasteiger partial charge is 0.493 e. The minimum atomic E-state index is -0.181. The summed E-state index contributed by atoms with van der Waals surface area (Å²) in [7, 11) is 3.11. The van der Waals surface area contributed by atoms with Gasteiger partial charge in [-0.25, -0.2) is 0 Å². The van der Waals surface area contributed by atoms with E-state index in [0.717, 1.165) is 25.7 Å². The molecule has 27 heavy (non-hydrogen) atoms. The van der Waals surface area contributed by atoms with Gasteiger partial charge in [-0.1, -0.05) is 12.8 Å². The summed E-state index contributed by atoms with van der Waals surface area (Å²) in [6, 6.07) is 5.26. The number of benzene rings is 1. The molecule has 2 amide bonds. The summed E-state index contributed by atoms with van der Waals surface area (Å²) >= 11 is 0. The summed E-state index contributed by atoms with van der Waals surface area (Å²) in [6.45, 7) is 0.0188. The highest BCUT2D eigenvalue weighted by molar-refractivity contribution is 6.05. The summed E-state index contributed by atoms with van der Waals surface area (Å²) in [5, 5.41) is 8.04. The summed E-state index contributed by atoms with van der Waals surface area (Å²) < 4.78 is 16.2. The number of carbonyl (C=O) groups excluding carboxylic acids is 2. The Hall–Kier alpha value is -2.90. The van der Waals surface area contributed by atoms with Crippen LogP contribution < -0.4 is 9.47 Å². The zero-order valence-corrected chi connectivity index (χ0v) is 15.3. The third-order valence-electron chi connectivity index (χ3n) is 5.32. The molecule has 2 atom stereocenters. The molecular weight excluding hydrogens is 350 g/mol. The van der Waals surface area contributed by atoms with Gasteiger partial charge < -0.3 is 13.9 Å². The Morgan fingerprint density at radius 1 is 1.04 bits per heavy atom. The van der Waals surface area contributed by atoms with Crippen molar-refractivity contribution in [3.63, 3.8) is 0 Å². The molecule has 2 aliphatic rings. The lowest BCUT2D eigenvalue weighted by molar-refractivity contribution is -0.141. The number of hydrogen-bond donors (Lipinski definition) is 0. The van der Waals surface area contributed by atoms with E-state index in [1.165, 1.54) is 4.90 Å². The third-order valence-corrected chi connectivity index (χ3v) is 5.32. The van der Waals surface area contributed by atoms with Crippen molar-refractivity contribution in [2.75, 3.05) is 14.2 Å². The topological polar surface area (TPSA) is 94.8 Å². The van der Waals surface area contributed by atoms with Crippen LogP contribution in [-0.4, -0.2) is 41.1 Å². The summed E-state index contributed by atoms with van der Waals surface area (Å²) in [5.74, 6) is 1.08. The van der Waals surface area contributed by atoms with E-state index in [1.807, 2.05) is 0 Å². The Morgan fingerprint density at radius 2 is 1.70 bits per heavy atom. The molecule has 0 N–H and O–H groups in total. The number of imide groups is 1. The third kappa shape index (κ3) is 3.05. The van der Waals surface area contributed by atoms with Gasteiger partial charge in [0.05, 0.1) is 26.1 Å². The van der Waals surface area contributed by atoms with Gasteiger partial charge in [0.2, 0.25) is 23.6 Å². The highest BCUT2D eigenvalue weighted by Gasteiger charge is 2.48. The number of carbonyl (C=O) groups is 2. The first kappa shape index (κ1) is 17.5. The molecule has 1 saturated carbocycles. The van der Waals surface area contributed by atoms with Gasteiger partial charge in [0, 0.05) is 5.56 Å². The van der Waals surface area contributed by atoms with E-state index >= 15 is 0 Å². The van der Waals surface area contributed by atoms with E-state index < -0.39 is 0 Å². The zero-order chi connectivity index (χ0) is 19.0. The molecule has 1 aromatic heterocycles. The number of hydrogen-bond acceptors (Lipinski definition) is 7. The van der Waals surface area contributed by atoms with Crippen molar-refractivity contribution < 1.29 is 23.5 Å². The van der Waals surface area contributed by atoms with Crippen molar-refractivity contribution in [3.8, 4) is 23.0 Å². The molecule has 4 rings (SSSR count). The van der Waals surface area contributed by atoms with Crippen molar-refractivity contribution in [2.45, 2.75) is 32.2 Å². The van der Waals surface area contributed by atoms with Gasteiger partial charge in [-0.15, -0.1) is 10.2 Å². The van der Waals surface area contributed by atoms with Gasteiger partial charge in [-0.05, 0) is 31.0 Å². The van der Waals surface area contributed by atoms with Crippen molar-refractivity contribution >= 4 is 11.8 Å². The quantitative estimate of drug-likeness (QED) is 0.745. The van der Waals surface area contributed by atoms with Gasteiger partial charge in [0.15, 0.2) is 11.5 Å². The van der Waals surface area contributed by atoms with Gasteiger partial charge >= 0.3 is 0 Å². The lowest BCUT2D eigenvalue weighted by Gasteiger charge is -2.19. The van der Waals surface area contributed by atoms with Crippen LogP contribution in [0.15, 0.2) is 22.6 Å². The normalized spacial score (nSPS) is 22.1. The fourth-order valence-electron chi connectivity index (χ4n) is 3.93. The van der Waals surface area contributed by atoms with Crippen LogP contribution in [0.5, 0.6) is 11.5 Å². The van der Waals surface area contributed by atoms with Crippen molar-refractivity contribution in [1.29, 1.82) is 0 Å². The van der Waals surface area contributed by atoms with E-state index in [-0.39, 0.29) is 36.1 Å². The molecule has 1 aliphatic heterocycles. The maximum atomic E-state index is 12.6. The molecule has 0 unspecified atom stereocenters. The monoisotopic (exact) mass is 371 g/mol. The van der Waals surface area contributed by atoms with Crippen LogP contribution in [0.25, 0.3) is 11.5 Å². The van der Waals surface area contributed by atoms with Gasteiger partial charge in [-0.3, -0.25) is 14.5 Å². The number of ether oxygens (including phenoxy) is 2. The van der Waals surface area contributed by atoms with E-state index in [1.54, 1.807) is 32.4 Å². The Morgan fingerprint density at radius 3 is 2.33 bits per heavy atom. The Bertz CT molecular complexity index is 854. The summed E-state index contributed by atoms with van der Waals surface area (Å²) in [5.41, 5.74) is 0.666. The molecule has 1 aliphatic carbocycles. The Balaban J connectivity index is 1.53. The van der Waals surface area contributed by atoms with Crippen LogP contribution >= 0.6 is 0 Å². The first-order valence-electron chi connectivity index (χ1n) is 9.02. The van der Waals surface area contributed by atoms with Crippen LogP contribution in [0, 0.1) is 11.8 Å². The highest BCUT2D eigenvalue weighted by atomic mass is 16.5. The number of aromatic nitrogens is 2. The first-order chi connectivity index (χ1) is 13.1. The molecule has 1 saturated heterocycles. The molecule has 8 heteroatoms. The number of likely N-dealkylation sites (tertiary alicyclic amines) is 1. The van der Waals surface area contributed by atoms with E-state index in [0.29, 0.717) is 23.0 Å². The van der Waals surface area contributed by atoms with Crippen LogP contribution in [0.2, 0.25) is 0 Å². The van der Waals surface area contributed by atoms with Crippen LogP contribution in [0.1, 0.15) is 31.6 Å². The maximum Gasteiger partial charge on any atom is 0.247 e. The predicted molar refractivity (Wildman–Crippen MR) is 93.8 cm³/mol. The van der Waals surface area contributed by atoms with Crippen molar-refractivity contribution in [2.24, 2.45) is 11.8 Å². The molecule has 0 radical (unpaired) electrons. The molecule has 8 nitrogen and oxygen atoms in total. The van der Waals surface area contributed by atoms with Crippen LogP contribution in [-0.2, 0) is 16.1 Å². The smallest absolute Gasteiger partial charge is 0.247 e. The fraction of sp³-hybridized carbons (Fsp3) is 0.474. The second-order valence-electron chi connectivity index (χ2n) is 6.83. The fourth-order valence-corrected chi connectivity index (χ4v) is 3.93. The second-order valence-corrected chi connectivity index (χ2v) is 6.83. The van der Waals surface area contributed by atoms with Crippen LogP contribution in [0.4, 0.5) is 0 Å². The Labute approximate surface area is 156 Å². The maximum absolute atomic E-state index is 12.6.